The van der Waals surface area contributed by atoms with Gasteiger partial charge in [-0.3, -0.25) is 9.52 Å². The van der Waals surface area contributed by atoms with Crippen LogP contribution in [0.1, 0.15) is 46.5 Å². The molecule has 0 radical (unpaired) electrons. The van der Waals surface area contributed by atoms with Crippen LogP contribution in [0.3, 0.4) is 0 Å². The van der Waals surface area contributed by atoms with E-state index in [1.54, 1.807) is 11.9 Å². The maximum Gasteiger partial charge on any atom is 0.232 e. The number of nitrogens with one attached hydrogen (secondary N) is 3. The van der Waals surface area contributed by atoms with Crippen molar-refractivity contribution in [2.45, 2.75) is 69.0 Å². The van der Waals surface area contributed by atoms with Crippen molar-refractivity contribution >= 4 is 40.3 Å². The lowest BCUT2D eigenvalue weighted by molar-refractivity contribution is -0.119. The molecule has 4 fully saturated rings. The second-order valence-corrected chi connectivity index (χ2v) is 11.4. The van der Waals surface area contributed by atoms with Gasteiger partial charge in [-0.1, -0.05) is 0 Å². The standard InChI is InChI=1S/C24H31N5OS/c1-14-12-29(13-15(2)25-14)20-9-17(31-28-23(3)6-7-23)8-19-18(20)4-5-21(26-19)27-22(30)24-10-16(24)11-24/h4-5,8-9,14-16,25,28H,6-7,10-13H2,1-3H3,(H,26,27,30)/t14-,15?,16?,24?/m0/s1. The number of hydrogen-bond donors (Lipinski definition) is 3. The summed E-state index contributed by atoms with van der Waals surface area (Å²) in [6.07, 6.45) is 4.57. The molecule has 0 spiro atoms. The second kappa shape index (κ2) is 6.83. The van der Waals surface area contributed by atoms with Gasteiger partial charge in [0, 0.05) is 46.7 Å². The molecular formula is C24H31N5OS. The summed E-state index contributed by atoms with van der Waals surface area (Å²) in [4.78, 5) is 21.1. The predicted octanol–water partition coefficient (Wildman–Crippen LogP) is 3.92. The van der Waals surface area contributed by atoms with Gasteiger partial charge in [-0.2, -0.15) is 0 Å². The number of anilines is 2. The molecule has 1 unspecified atom stereocenters. The minimum atomic E-state index is -0.0454. The van der Waals surface area contributed by atoms with E-state index in [0.29, 0.717) is 23.8 Å². The summed E-state index contributed by atoms with van der Waals surface area (Å²) in [5.41, 5.74) is 2.39. The maximum absolute atomic E-state index is 12.6. The molecule has 1 aromatic heterocycles. The van der Waals surface area contributed by atoms with E-state index in [0.717, 1.165) is 36.8 Å². The number of benzene rings is 1. The third kappa shape index (κ3) is 3.70. The Labute approximate surface area is 188 Å². The fraction of sp³-hybridized carbons (Fsp3) is 0.583. The first-order chi connectivity index (χ1) is 14.8. The highest BCUT2D eigenvalue weighted by molar-refractivity contribution is 7.97. The quantitative estimate of drug-likeness (QED) is 0.595. The van der Waals surface area contributed by atoms with Crippen molar-refractivity contribution in [3.8, 4) is 0 Å². The molecule has 6 nitrogen and oxygen atoms in total. The van der Waals surface area contributed by atoms with E-state index >= 15 is 0 Å². The topological polar surface area (TPSA) is 69.3 Å². The Balaban J connectivity index is 1.34. The largest absolute Gasteiger partial charge is 0.368 e. The van der Waals surface area contributed by atoms with Crippen LogP contribution in [0.15, 0.2) is 29.2 Å². The van der Waals surface area contributed by atoms with Crippen molar-refractivity contribution in [2.24, 2.45) is 11.3 Å². The Kier molecular flexibility index (Phi) is 4.37. The molecule has 3 aliphatic carbocycles. The van der Waals surface area contributed by atoms with Crippen LogP contribution in [0.2, 0.25) is 0 Å². The van der Waals surface area contributed by atoms with Crippen molar-refractivity contribution < 1.29 is 4.79 Å². The molecular weight excluding hydrogens is 406 g/mol. The molecule has 1 amide bonds. The molecule has 1 aromatic carbocycles. The van der Waals surface area contributed by atoms with Gasteiger partial charge in [0.2, 0.25) is 5.91 Å². The van der Waals surface area contributed by atoms with E-state index in [-0.39, 0.29) is 16.9 Å². The lowest BCUT2D eigenvalue weighted by atomic mass is 10.1. The first-order valence-electron chi connectivity index (χ1n) is 11.5. The zero-order valence-corrected chi connectivity index (χ0v) is 19.3. The molecule has 2 aromatic rings. The number of rotatable bonds is 6. The normalized spacial score (nSPS) is 32.5. The van der Waals surface area contributed by atoms with Crippen LogP contribution >= 0.6 is 11.9 Å². The molecule has 0 bridgehead atoms. The molecule has 1 saturated heterocycles. The van der Waals surface area contributed by atoms with E-state index in [2.05, 4.69) is 59.2 Å². The van der Waals surface area contributed by atoms with Crippen molar-refractivity contribution in [3.05, 3.63) is 24.3 Å². The minimum Gasteiger partial charge on any atom is -0.368 e. The molecule has 6 rings (SSSR count). The number of carbonyl (C=O) groups is 1. The van der Waals surface area contributed by atoms with E-state index < -0.39 is 0 Å². The third-order valence-electron chi connectivity index (χ3n) is 7.45. The second-order valence-electron chi connectivity index (χ2n) is 10.6. The minimum absolute atomic E-state index is 0.0454. The molecule has 31 heavy (non-hydrogen) atoms. The summed E-state index contributed by atoms with van der Waals surface area (Å²) in [5.74, 6) is 1.46. The first kappa shape index (κ1) is 19.8. The molecule has 4 aliphatic rings. The molecule has 1 aliphatic heterocycles. The van der Waals surface area contributed by atoms with Crippen LogP contribution < -0.4 is 20.3 Å². The highest BCUT2D eigenvalue weighted by Crippen LogP contribution is 2.75. The van der Waals surface area contributed by atoms with Crippen LogP contribution in [0, 0.1) is 11.3 Å². The lowest BCUT2D eigenvalue weighted by Gasteiger charge is -2.38. The number of fused-ring (bicyclic) bond motifs is 2. The third-order valence-corrected chi connectivity index (χ3v) is 8.51. The van der Waals surface area contributed by atoms with Crippen LogP contribution in [-0.4, -0.2) is 41.6 Å². The Morgan fingerprint density at radius 1 is 1.19 bits per heavy atom. The summed E-state index contributed by atoms with van der Waals surface area (Å²) in [7, 11) is 0. The summed E-state index contributed by atoms with van der Waals surface area (Å²) < 4.78 is 3.63. The van der Waals surface area contributed by atoms with Gasteiger partial charge in [0.05, 0.1) is 10.9 Å². The number of amides is 1. The summed E-state index contributed by atoms with van der Waals surface area (Å²) in [6.45, 7) is 8.71. The highest BCUT2D eigenvalue weighted by atomic mass is 32.2. The van der Waals surface area contributed by atoms with Crippen LogP contribution in [0.25, 0.3) is 10.9 Å². The fourth-order valence-electron chi connectivity index (χ4n) is 4.89. The van der Waals surface area contributed by atoms with Gasteiger partial charge < -0.3 is 15.5 Å². The van der Waals surface area contributed by atoms with E-state index in [1.165, 1.54) is 23.4 Å². The van der Waals surface area contributed by atoms with Crippen LogP contribution in [0.4, 0.5) is 11.5 Å². The van der Waals surface area contributed by atoms with Crippen LogP contribution in [-0.2, 0) is 4.79 Å². The van der Waals surface area contributed by atoms with Crippen molar-refractivity contribution in [1.82, 2.24) is 15.0 Å². The first-order valence-corrected chi connectivity index (χ1v) is 12.4. The SMILES string of the molecule is CC1CN(c2cc(SNC3(C)CC3)cc3nc(NC(=O)C45CC4C5)ccc23)C[C@H](C)N1. The highest BCUT2D eigenvalue weighted by Gasteiger charge is 2.74. The Morgan fingerprint density at radius 3 is 2.55 bits per heavy atom. The van der Waals surface area contributed by atoms with Gasteiger partial charge in [-0.15, -0.1) is 0 Å². The van der Waals surface area contributed by atoms with Crippen LogP contribution in [0.5, 0.6) is 0 Å². The molecule has 7 heteroatoms. The molecule has 3 saturated carbocycles. The number of aromatic nitrogens is 1. The number of piperazine rings is 1. The number of carbonyl (C=O) groups excluding carboxylic acids is 1. The molecule has 164 valence electrons. The monoisotopic (exact) mass is 437 g/mol. The maximum atomic E-state index is 12.6. The average Bonchev–Trinajstić information content (AvgIpc) is 3.61. The smallest absolute Gasteiger partial charge is 0.232 e. The van der Waals surface area contributed by atoms with Crippen molar-refractivity contribution in [2.75, 3.05) is 23.3 Å². The predicted molar refractivity (Wildman–Crippen MR) is 126 cm³/mol. The van der Waals surface area contributed by atoms with E-state index in [1.807, 2.05) is 6.07 Å². The van der Waals surface area contributed by atoms with Gasteiger partial charge in [-0.25, -0.2) is 4.98 Å². The molecule has 2 atom stereocenters. The van der Waals surface area contributed by atoms with Gasteiger partial charge in [0.15, 0.2) is 0 Å². The fourth-order valence-corrected chi connectivity index (χ4v) is 5.80. The number of nitrogens with zero attached hydrogens (tertiary/aromatic N) is 2. The van der Waals surface area contributed by atoms with Gasteiger partial charge in [0.25, 0.3) is 0 Å². The average molecular weight is 438 g/mol. The zero-order valence-electron chi connectivity index (χ0n) is 18.5. The van der Waals surface area contributed by atoms with Crippen molar-refractivity contribution in [1.29, 1.82) is 0 Å². The van der Waals surface area contributed by atoms with Gasteiger partial charge >= 0.3 is 0 Å². The summed E-state index contributed by atoms with van der Waals surface area (Å²) >= 11 is 1.71. The van der Waals surface area contributed by atoms with E-state index in [9.17, 15) is 4.79 Å². The lowest BCUT2D eigenvalue weighted by Crippen LogP contribution is -2.54. The zero-order chi connectivity index (χ0) is 21.4. The Morgan fingerprint density at radius 2 is 1.90 bits per heavy atom. The summed E-state index contributed by atoms with van der Waals surface area (Å²) in [5, 5.41) is 7.86. The Bertz CT molecular complexity index is 1050. The number of hydrogen-bond acceptors (Lipinski definition) is 6. The number of pyridine rings is 1. The molecule has 3 N–H and O–H groups in total. The Hall–Kier alpha value is -1.83. The summed E-state index contributed by atoms with van der Waals surface area (Å²) in [6, 6.07) is 9.43. The van der Waals surface area contributed by atoms with E-state index in [4.69, 9.17) is 4.98 Å². The van der Waals surface area contributed by atoms with Crippen molar-refractivity contribution in [3.63, 3.8) is 0 Å². The molecule has 2 heterocycles. The van der Waals surface area contributed by atoms with Gasteiger partial charge in [-0.05, 0) is 88.6 Å². The van der Waals surface area contributed by atoms with Gasteiger partial charge in [0.1, 0.15) is 5.82 Å².